The number of hydrogen-bond acceptors (Lipinski definition) is 4. The maximum atomic E-state index is 11.8. The summed E-state index contributed by atoms with van der Waals surface area (Å²) in [7, 11) is -3.05. The van der Waals surface area contributed by atoms with Gasteiger partial charge in [-0.15, -0.1) is 0 Å². The summed E-state index contributed by atoms with van der Waals surface area (Å²) < 4.78 is 21.9. The van der Waals surface area contributed by atoms with Crippen LogP contribution in [-0.2, 0) is 14.6 Å². The third kappa shape index (κ3) is 5.91. The number of carboxylic acid groups (broad SMARTS) is 1. The van der Waals surface area contributed by atoms with Gasteiger partial charge >= 0.3 is 12.0 Å². The lowest BCUT2D eigenvalue weighted by Crippen LogP contribution is -2.59. The zero-order chi connectivity index (χ0) is 16.1. The minimum atomic E-state index is -3.05. The van der Waals surface area contributed by atoms with E-state index in [0.29, 0.717) is 19.3 Å². The summed E-state index contributed by atoms with van der Waals surface area (Å²) in [4.78, 5) is 23.3. The SMILES string of the molecule is CC1CCCC(NC(=O)NCCCS(C)(=O)=O)(C(=O)O)C1. The summed E-state index contributed by atoms with van der Waals surface area (Å²) in [6.45, 7) is 2.17. The maximum absolute atomic E-state index is 11.8. The second kappa shape index (κ2) is 7.11. The van der Waals surface area contributed by atoms with Crippen LogP contribution in [0.1, 0.15) is 39.0 Å². The van der Waals surface area contributed by atoms with Crippen molar-refractivity contribution < 1.29 is 23.1 Å². The fourth-order valence-corrected chi connectivity index (χ4v) is 3.38. The molecule has 0 saturated heterocycles. The molecule has 2 atom stereocenters. The Balaban J connectivity index is 2.48. The summed E-state index contributed by atoms with van der Waals surface area (Å²) in [5, 5.41) is 14.5. The van der Waals surface area contributed by atoms with Gasteiger partial charge in [0, 0.05) is 12.8 Å². The van der Waals surface area contributed by atoms with Crippen molar-refractivity contribution in [2.75, 3.05) is 18.6 Å². The first kappa shape index (κ1) is 17.7. The lowest BCUT2D eigenvalue weighted by molar-refractivity contribution is -0.146. The molecule has 0 radical (unpaired) electrons. The van der Waals surface area contributed by atoms with E-state index < -0.39 is 27.4 Å². The average molecular weight is 320 g/mol. The van der Waals surface area contributed by atoms with Crippen molar-refractivity contribution >= 4 is 21.8 Å². The molecule has 0 heterocycles. The van der Waals surface area contributed by atoms with Crippen LogP contribution in [0.5, 0.6) is 0 Å². The lowest BCUT2D eigenvalue weighted by atomic mass is 9.76. The van der Waals surface area contributed by atoms with Crippen LogP contribution in [-0.4, -0.2) is 49.6 Å². The van der Waals surface area contributed by atoms with E-state index in [1.165, 1.54) is 0 Å². The Labute approximate surface area is 125 Å². The number of carboxylic acids is 1. The zero-order valence-corrected chi connectivity index (χ0v) is 13.3. The highest BCUT2D eigenvalue weighted by molar-refractivity contribution is 7.90. The van der Waals surface area contributed by atoms with Gasteiger partial charge in [0.05, 0.1) is 5.75 Å². The van der Waals surface area contributed by atoms with Crippen molar-refractivity contribution in [3.63, 3.8) is 0 Å². The highest BCUT2D eigenvalue weighted by Crippen LogP contribution is 2.32. The number of urea groups is 1. The molecule has 2 unspecified atom stereocenters. The Morgan fingerprint density at radius 2 is 2.05 bits per heavy atom. The van der Waals surface area contributed by atoms with Crippen molar-refractivity contribution in [2.45, 2.75) is 44.6 Å². The fraction of sp³-hybridized carbons (Fsp3) is 0.846. The standard InChI is InChI=1S/C13H24N2O5S/c1-10-5-3-6-13(9-10,11(16)17)15-12(18)14-7-4-8-21(2,19)20/h10H,3-9H2,1-2H3,(H,16,17)(H2,14,15,18). The van der Waals surface area contributed by atoms with Crippen LogP contribution in [0.3, 0.4) is 0 Å². The Kier molecular flexibility index (Phi) is 6.00. The summed E-state index contributed by atoms with van der Waals surface area (Å²) in [5.74, 6) is -0.769. The van der Waals surface area contributed by atoms with Gasteiger partial charge in [0.15, 0.2) is 0 Å². The van der Waals surface area contributed by atoms with Crippen molar-refractivity contribution in [3.8, 4) is 0 Å². The summed E-state index contributed by atoms with van der Waals surface area (Å²) in [5.41, 5.74) is -1.21. The molecule has 0 aromatic heterocycles. The van der Waals surface area contributed by atoms with Crippen LogP contribution in [0.4, 0.5) is 4.79 Å². The van der Waals surface area contributed by atoms with E-state index in [9.17, 15) is 23.1 Å². The third-order valence-corrected chi connectivity index (χ3v) is 4.77. The monoisotopic (exact) mass is 320 g/mol. The molecule has 1 saturated carbocycles. The molecule has 1 rings (SSSR count). The predicted molar refractivity (Wildman–Crippen MR) is 78.9 cm³/mol. The van der Waals surface area contributed by atoms with E-state index in [1.54, 1.807) is 0 Å². The Hall–Kier alpha value is -1.31. The highest BCUT2D eigenvalue weighted by Gasteiger charge is 2.43. The molecule has 3 N–H and O–H groups in total. The van der Waals surface area contributed by atoms with Gasteiger partial charge in [-0.1, -0.05) is 19.8 Å². The van der Waals surface area contributed by atoms with E-state index in [0.717, 1.165) is 19.1 Å². The minimum Gasteiger partial charge on any atom is -0.480 e. The quantitative estimate of drug-likeness (QED) is 0.625. The largest absolute Gasteiger partial charge is 0.480 e. The van der Waals surface area contributed by atoms with Gasteiger partial charge in [0.25, 0.3) is 0 Å². The summed E-state index contributed by atoms with van der Waals surface area (Å²) in [6, 6.07) is -0.556. The van der Waals surface area contributed by atoms with Gasteiger partial charge < -0.3 is 15.7 Å². The molecule has 0 aromatic rings. The number of rotatable bonds is 6. The molecule has 2 amide bonds. The first-order chi connectivity index (χ1) is 9.65. The smallest absolute Gasteiger partial charge is 0.329 e. The van der Waals surface area contributed by atoms with E-state index >= 15 is 0 Å². The molecule has 21 heavy (non-hydrogen) atoms. The second-order valence-electron chi connectivity index (χ2n) is 5.95. The fourth-order valence-electron chi connectivity index (χ4n) is 2.71. The second-order valence-corrected chi connectivity index (χ2v) is 8.21. The predicted octanol–water partition coefficient (Wildman–Crippen LogP) is 0.754. The molecule has 8 heteroatoms. The van der Waals surface area contributed by atoms with E-state index in [1.807, 2.05) is 6.92 Å². The molecule has 1 aliphatic carbocycles. The van der Waals surface area contributed by atoms with Crippen molar-refractivity contribution in [2.24, 2.45) is 5.92 Å². The molecule has 122 valence electrons. The first-order valence-corrected chi connectivity index (χ1v) is 9.18. The molecule has 1 fully saturated rings. The van der Waals surface area contributed by atoms with Gasteiger partial charge in [-0.3, -0.25) is 0 Å². The number of aliphatic carboxylic acids is 1. The van der Waals surface area contributed by atoms with Crippen LogP contribution >= 0.6 is 0 Å². The van der Waals surface area contributed by atoms with Gasteiger partial charge in [-0.25, -0.2) is 18.0 Å². The van der Waals surface area contributed by atoms with Crippen LogP contribution in [0.2, 0.25) is 0 Å². The molecule has 7 nitrogen and oxygen atoms in total. The maximum Gasteiger partial charge on any atom is 0.329 e. The molecule has 0 aromatic carbocycles. The normalized spacial score (nSPS) is 26.1. The molecular formula is C13H24N2O5S. The van der Waals surface area contributed by atoms with Crippen LogP contribution < -0.4 is 10.6 Å². The summed E-state index contributed by atoms with van der Waals surface area (Å²) >= 11 is 0. The van der Waals surface area contributed by atoms with E-state index in [2.05, 4.69) is 10.6 Å². The number of carbonyl (C=O) groups is 2. The number of hydrogen-bond donors (Lipinski definition) is 3. The van der Waals surface area contributed by atoms with Crippen molar-refractivity contribution in [1.82, 2.24) is 10.6 Å². The molecule has 1 aliphatic rings. The van der Waals surface area contributed by atoms with Gasteiger partial charge in [-0.2, -0.15) is 0 Å². The number of carbonyl (C=O) groups excluding carboxylic acids is 1. The number of sulfone groups is 1. The van der Waals surface area contributed by atoms with Crippen LogP contribution in [0, 0.1) is 5.92 Å². The summed E-state index contributed by atoms with van der Waals surface area (Å²) in [6.07, 6.45) is 4.01. The first-order valence-electron chi connectivity index (χ1n) is 7.12. The van der Waals surface area contributed by atoms with Gasteiger partial charge in [-0.05, 0) is 25.2 Å². The Morgan fingerprint density at radius 3 is 2.57 bits per heavy atom. The number of amides is 2. The van der Waals surface area contributed by atoms with Gasteiger partial charge in [0.1, 0.15) is 15.4 Å². The Bertz CT molecular complexity index is 491. The molecule has 0 spiro atoms. The lowest BCUT2D eigenvalue weighted by Gasteiger charge is -2.37. The van der Waals surface area contributed by atoms with Crippen LogP contribution in [0.25, 0.3) is 0 Å². The van der Waals surface area contributed by atoms with Crippen molar-refractivity contribution in [3.05, 3.63) is 0 Å². The topological polar surface area (TPSA) is 113 Å². The Morgan fingerprint density at radius 1 is 1.38 bits per heavy atom. The highest BCUT2D eigenvalue weighted by atomic mass is 32.2. The zero-order valence-electron chi connectivity index (χ0n) is 12.5. The van der Waals surface area contributed by atoms with Gasteiger partial charge in [0.2, 0.25) is 0 Å². The van der Waals surface area contributed by atoms with Crippen molar-refractivity contribution in [1.29, 1.82) is 0 Å². The number of nitrogens with one attached hydrogen (secondary N) is 2. The van der Waals surface area contributed by atoms with Crippen LogP contribution in [0.15, 0.2) is 0 Å². The third-order valence-electron chi connectivity index (χ3n) is 3.74. The molecule has 0 aliphatic heterocycles. The molecule has 0 bridgehead atoms. The minimum absolute atomic E-state index is 0.00557. The van der Waals surface area contributed by atoms with E-state index in [4.69, 9.17) is 0 Å². The average Bonchev–Trinajstić information content (AvgIpc) is 2.33. The van der Waals surface area contributed by atoms with E-state index in [-0.39, 0.29) is 18.2 Å². The molecular weight excluding hydrogens is 296 g/mol.